The smallest absolute Gasteiger partial charge is 0.192 e. The van der Waals surface area contributed by atoms with Crippen LogP contribution in [0, 0.1) is 12.3 Å². The molecule has 0 spiro atoms. The molecule has 0 radical (unpaired) electrons. The van der Waals surface area contributed by atoms with Crippen molar-refractivity contribution in [3.8, 4) is 12.3 Å². The number of hydrogen-bond donors (Lipinski definition) is 2. The molecule has 24 heavy (non-hydrogen) atoms. The van der Waals surface area contributed by atoms with Crippen molar-refractivity contribution in [3.05, 3.63) is 23.9 Å². The first-order chi connectivity index (χ1) is 11.2. The summed E-state index contributed by atoms with van der Waals surface area (Å²) in [4.78, 5) is 13.7. The normalized spacial score (nSPS) is 15.4. The monoisotopic (exact) mass is 442 g/mol. The van der Waals surface area contributed by atoms with Gasteiger partial charge in [0, 0.05) is 38.9 Å². The van der Waals surface area contributed by atoms with Gasteiger partial charge in [-0.25, -0.2) is 9.98 Å². The van der Waals surface area contributed by atoms with E-state index in [2.05, 4.69) is 49.4 Å². The van der Waals surface area contributed by atoms with Gasteiger partial charge in [0.1, 0.15) is 5.82 Å². The number of piperazine rings is 1. The predicted octanol–water partition coefficient (Wildman–Crippen LogP) is 1.14. The second kappa shape index (κ2) is 11.1. The van der Waals surface area contributed by atoms with Gasteiger partial charge in [-0.2, -0.15) is 0 Å². The summed E-state index contributed by atoms with van der Waals surface area (Å²) in [5.74, 6) is 4.33. The Morgan fingerprint density at radius 2 is 2.08 bits per heavy atom. The van der Waals surface area contributed by atoms with Crippen LogP contribution in [0.3, 0.4) is 0 Å². The fourth-order valence-electron chi connectivity index (χ4n) is 2.41. The van der Waals surface area contributed by atoms with E-state index in [9.17, 15) is 0 Å². The van der Waals surface area contributed by atoms with Crippen LogP contribution < -0.4 is 15.5 Å². The Kier molecular flexibility index (Phi) is 9.49. The molecule has 2 heterocycles. The Morgan fingerprint density at radius 3 is 2.75 bits per heavy atom. The number of guanidine groups is 1. The van der Waals surface area contributed by atoms with Crippen LogP contribution in [-0.4, -0.2) is 62.2 Å². The summed E-state index contributed by atoms with van der Waals surface area (Å²) >= 11 is 0. The van der Waals surface area contributed by atoms with Crippen LogP contribution in [0.15, 0.2) is 23.3 Å². The predicted molar refractivity (Wildman–Crippen MR) is 111 cm³/mol. The number of pyridine rings is 1. The number of aliphatic imine (C=N–C) groups is 1. The van der Waals surface area contributed by atoms with Gasteiger partial charge >= 0.3 is 0 Å². The summed E-state index contributed by atoms with van der Waals surface area (Å²) < 4.78 is 0. The highest BCUT2D eigenvalue weighted by Crippen LogP contribution is 2.15. The number of anilines is 1. The Morgan fingerprint density at radius 1 is 1.33 bits per heavy atom. The fraction of sp³-hybridized carbons (Fsp3) is 0.529. The maximum atomic E-state index is 5.28. The molecule has 0 saturated carbocycles. The summed E-state index contributed by atoms with van der Waals surface area (Å²) in [6.07, 6.45) is 7.14. The molecular formula is C17H27IN6. The lowest BCUT2D eigenvalue weighted by Gasteiger charge is -2.33. The van der Waals surface area contributed by atoms with Gasteiger partial charge in [-0.1, -0.05) is 5.92 Å². The molecule has 2 rings (SSSR count). The van der Waals surface area contributed by atoms with Crippen LogP contribution >= 0.6 is 24.0 Å². The van der Waals surface area contributed by atoms with Crippen LogP contribution in [0.5, 0.6) is 0 Å². The average molecular weight is 442 g/mol. The van der Waals surface area contributed by atoms with E-state index < -0.39 is 0 Å². The van der Waals surface area contributed by atoms with E-state index in [1.165, 1.54) is 0 Å². The first kappa shape index (κ1) is 20.5. The number of likely N-dealkylation sites (N-methyl/N-ethyl adjacent to an activating group) is 1. The van der Waals surface area contributed by atoms with Crippen LogP contribution in [0.25, 0.3) is 0 Å². The third-order valence-electron chi connectivity index (χ3n) is 3.76. The van der Waals surface area contributed by atoms with E-state index in [0.29, 0.717) is 13.1 Å². The number of nitrogens with one attached hydrogen (secondary N) is 2. The molecule has 0 aromatic carbocycles. The van der Waals surface area contributed by atoms with Crippen molar-refractivity contribution in [2.45, 2.75) is 13.5 Å². The van der Waals surface area contributed by atoms with Gasteiger partial charge in [-0.3, -0.25) is 0 Å². The lowest BCUT2D eigenvalue weighted by atomic mass is 10.2. The maximum Gasteiger partial charge on any atom is 0.192 e. The third kappa shape index (κ3) is 6.53. The lowest BCUT2D eigenvalue weighted by Crippen LogP contribution is -2.44. The molecule has 2 N–H and O–H groups in total. The molecule has 7 heteroatoms. The lowest BCUT2D eigenvalue weighted by molar-refractivity contribution is 0.312. The standard InChI is InChI=1S/C17H26N6.HI/c1-4-7-20-17(18-5-2)21-14-15-6-8-19-16(13-15)23-11-9-22(3)10-12-23;/h1,6,8,13H,5,7,9-12,14H2,2-3H3,(H2,18,20,21);1H. The third-order valence-corrected chi connectivity index (χ3v) is 3.76. The zero-order chi connectivity index (χ0) is 16.5. The fourth-order valence-corrected chi connectivity index (χ4v) is 2.41. The molecule has 132 valence electrons. The molecule has 1 aromatic heterocycles. The van der Waals surface area contributed by atoms with E-state index in [1.54, 1.807) is 0 Å². The first-order valence-corrected chi connectivity index (χ1v) is 8.07. The Balaban J connectivity index is 0.00000288. The number of nitrogens with zero attached hydrogens (tertiary/aromatic N) is 4. The highest BCUT2D eigenvalue weighted by atomic mass is 127. The van der Waals surface area contributed by atoms with Crippen LogP contribution in [0.2, 0.25) is 0 Å². The van der Waals surface area contributed by atoms with Crippen molar-refractivity contribution >= 4 is 35.8 Å². The number of aromatic nitrogens is 1. The second-order valence-electron chi connectivity index (χ2n) is 5.57. The summed E-state index contributed by atoms with van der Waals surface area (Å²) in [5, 5.41) is 6.28. The summed E-state index contributed by atoms with van der Waals surface area (Å²) in [5.41, 5.74) is 1.15. The molecule has 0 aliphatic carbocycles. The van der Waals surface area contributed by atoms with Crippen molar-refractivity contribution in [1.29, 1.82) is 0 Å². The highest BCUT2D eigenvalue weighted by molar-refractivity contribution is 14.0. The molecule has 0 amide bonds. The van der Waals surface area contributed by atoms with Crippen molar-refractivity contribution in [3.63, 3.8) is 0 Å². The topological polar surface area (TPSA) is 55.8 Å². The number of halogens is 1. The molecule has 1 fully saturated rings. The SMILES string of the molecule is C#CCNC(=NCc1ccnc(N2CCN(C)CC2)c1)NCC.I. The Hall–Kier alpha value is -1.53. The van der Waals surface area contributed by atoms with Gasteiger partial charge in [-0.15, -0.1) is 30.4 Å². The van der Waals surface area contributed by atoms with Crippen molar-refractivity contribution in [2.75, 3.05) is 51.2 Å². The van der Waals surface area contributed by atoms with Gasteiger partial charge < -0.3 is 20.4 Å². The van der Waals surface area contributed by atoms with Gasteiger partial charge in [-0.05, 0) is 31.7 Å². The molecule has 0 unspecified atom stereocenters. The van der Waals surface area contributed by atoms with Gasteiger partial charge in [0.15, 0.2) is 5.96 Å². The summed E-state index contributed by atoms with van der Waals surface area (Å²) in [7, 11) is 2.15. The van der Waals surface area contributed by atoms with Gasteiger partial charge in [0.2, 0.25) is 0 Å². The van der Waals surface area contributed by atoms with Crippen LogP contribution in [0.4, 0.5) is 5.82 Å². The number of hydrogen-bond acceptors (Lipinski definition) is 4. The molecule has 6 nitrogen and oxygen atoms in total. The van der Waals surface area contributed by atoms with E-state index in [-0.39, 0.29) is 24.0 Å². The number of rotatable bonds is 5. The Bertz CT molecular complexity index is 560. The Labute approximate surface area is 162 Å². The minimum absolute atomic E-state index is 0. The van der Waals surface area contributed by atoms with E-state index in [1.807, 2.05) is 19.2 Å². The second-order valence-corrected chi connectivity index (χ2v) is 5.57. The van der Waals surface area contributed by atoms with E-state index in [0.717, 1.165) is 50.1 Å². The van der Waals surface area contributed by atoms with Crippen molar-refractivity contribution in [1.82, 2.24) is 20.5 Å². The maximum absolute atomic E-state index is 5.28. The largest absolute Gasteiger partial charge is 0.357 e. The summed E-state index contributed by atoms with van der Waals surface area (Å²) in [6.45, 7) is 8.09. The average Bonchev–Trinajstić information content (AvgIpc) is 2.58. The molecule has 1 saturated heterocycles. The van der Waals surface area contributed by atoms with E-state index >= 15 is 0 Å². The number of terminal acetylenes is 1. The molecule has 0 atom stereocenters. The van der Waals surface area contributed by atoms with Gasteiger partial charge in [0.25, 0.3) is 0 Å². The van der Waals surface area contributed by atoms with Gasteiger partial charge in [0.05, 0.1) is 13.1 Å². The molecule has 1 aliphatic heterocycles. The van der Waals surface area contributed by atoms with E-state index in [4.69, 9.17) is 6.42 Å². The molecule has 0 bridgehead atoms. The van der Waals surface area contributed by atoms with Crippen LogP contribution in [0.1, 0.15) is 12.5 Å². The van der Waals surface area contributed by atoms with Crippen molar-refractivity contribution in [2.24, 2.45) is 4.99 Å². The molecule has 1 aromatic rings. The minimum Gasteiger partial charge on any atom is -0.357 e. The van der Waals surface area contributed by atoms with Crippen LogP contribution in [-0.2, 0) is 6.54 Å². The quantitative estimate of drug-likeness (QED) is 0.310. The van der Waals surface area contributed by atoms with Crippen molar-refractivity contribution < 1.29 is 0 Å². The highest BCUT2D eigenvalue weighted by Gasteiger charge is 2.15. The molecular weight excluding hydrogens is 415 g/mol. The summed E-state index contributed by atoms with van der Waals surface area (Å²) in [6, 6.07) is 4.13. The minimum atomic E-state index is 0. The first-order valence-electron chi connectivity index (χ1n) is 8.07. The molecule has 1 aliphatic rings. The zero-order valence-electron chi connectivity index (χ0n) is 14.5. The zero-order valence-corrected chi connectivity index (χ0v) is 16.8.